The Morgan fingerprint density at radius 1 is 1.11 bits per heavy atom. The molecule has 0 aliphatic heterocycles. The van der Waals surface area contributed by atoms with Gasteiger partial charge in [-0.25, -0.2) is 0 Å². The molecular formula is C12H16Cl2O3S. The Labute approximate surface area is 118 Å². The van der Waals surface area contributed by atoms with Crippen molar-refractivity contribution in [3.63, 3.8) is 0 Å². The summed E-state index contributed by atoms with van der Waals surface area (Å²) in [4.78, 5) is 0.117. The zero-order valence-electron chi connectivity index (χ0n) is 10.4. The number of benzene rings is 1. The Kier molecular flexibility index (Phi) is 5.46. The van der Waals surface area contributed by atoms with E-state index in [1.54, 1.807) is 26.0 Å². The molecule has 0 radical (unpaired) electrons. The summed E-state index contributed by atoms with van der Waals surface area (Å²) in [5.41, 5.74) is 0.978. The van der Waals surface area contributed by atoms with Crippen LogP contribution < -0.4 is 0 Å². The molecule has 6 heteroatoms. The van der Waals surface area contributed by atoms with Gasteiger partial charge >= 0.3 is 0 Å². The van der Waals surface area contributed by atoms with E-state index in [0.29, 0.717) is 0 Å². The normalized spacial score (nSPS) is 17.2. The molecule has 0 aromatic heterocycles. The van der Waals surface area contributed by atoms with Crippen LogP contribution in [0.5, 0.6) is 0 Å². The van der Waals surface area contributed by atoms with Gasteiger partial charge in [0.05, 0.1) is 16.4 Å². The van der Waals surface area contributed by atoms with Crippen molar-refractivity contribution in [2.75, 3.05) is 0 Å². The van der Waals surface area contributed by atoms with Crippen LogP contribution in [0.3, 0.4) is 0 Å². The molecule has 0 aliphatic rings. The molecule has 0 aliphatic carbocycles. The van der Waals surface area contributed by atoms with Crippen LogP contribution in [0.2, 0.25) is 0 Å². The number of hydrogen-bond acceptors (Lipinski definition) is 3. The first-order valence-electron chi connectivity index (χ1n) is 5.52. The van der Waals surface area contributed by atoms with Crippen LogP contribution in [0, 0.1) is 6.92 Å². The van der Waals surface area contributed by atoms with E-state index in [-0.39, 0.29) is 10.3 Å². The summed E-state index contributed by atoms with van der Waals surface area (Å²) in [6, 6.07) is 6.43. The molecule has 1 rings (SSSR count). The molecule has 1 aromatic rings. The summed E-state index contributed by atoms with van der Waals surface area (Å²) >= 11 is 11.8. The van der Waals surface area contributed by atoms with E-state index in [2.05, 4.69) is 0 Å². The molecule has 0 N–H and O–H groups in total. The van der Waals surface area contributed by atoms with Crippen LogP contribution >= 0.6 is 23.2 Å². The maximum Gasteiger partial charge on any atom is 0.297 e. The third kappa shape index (κ3) is 4.12. The molecule has 102 valence electrons. The predicted octanol–water partition coefficient (Wildman–Crippen LogP) is 3.32. The Balaban J connectivity index is 2.85. The highest BCUT2D eigenvalue weighted by Crippen LogP contribution is 2.21. The van der Waals surface area contributed by atoms with Crippen LogP contribution in [0.1, 0.15) is 19.4 Å². The van der Waals surface area contributed by atoms with Crippen molar-refractivity contribution in [1.82, 2.24) is 0 Å². The van der Waals surface area contributed by atoms with Crippen molar-refractivity contribution in [3.05, 3.63) is 29.8 Å². The van der Waals surface area contributed by atoms with E-state index >= 15 is 0 Å². The average Bonchev–Trinajstić information content (AvgIpc) is 2.27. The fourth-order valence-corrected chi connectivity index (χ4v) is 2.80. The van der Waals surface area contributed by atoms with Crippen molar-refractivity contribution < 1.29 is 12.6 Å². The first kappa shape index (κ1) is 15.8. The monoisotopic (exact) mass is 310 g/mol. The SMILES string of the molecule is Cc1ccc(S(=O)(=O)O[C@H](C)[C@H](Cl)[C@@H](C)Cl)cc1. The molecular weight excluding hydrogens is 295 g/mol. The van der Waals surface area contributed by atoms with Gasteiger partial charge in [0.15, 0.2) is 0 Å². The lowest BCUT2D eigenvalue weighted by Gasteiger charge is -2.20. The smallest absolute Gasteiger partial charge is 0.262 e. The highest BCUT2D eigenvalue weighted by atomic mass is 35.5. The van der Waals surface area contributed by atoms with Crippen molar-refractivity contribution in [3.8, 4) is 0 Å². The number of alkyl halides is 2. The minimum atomic E-state index is -3.80. The van der Waals surface area contributed by atoms with Gasteiger partial charge in [0.2, 0.25) is 0 Å². The van der Waals surface area contributed by atoms with Crippen molar-refractivity contribution >= 4 is 33.3 Å². The lowest BCUT2D eigenvalue weighted by Crippen LogP contribution is -2.30. The summed E-state index contributed by atoms with van der Waals surface area (Å²) in [5, 5.41) is -0.957. The molecule has 18 heavy (non-hydrogen) atoms. The highest BCUT2D eigenvalue weighted by Gasteiger charge is 2.26. The number of rotatable bonds is 5. The maximum absolute atomic E-state index is 12.0. The number of halogens is 2. The van der Waals surface area contributed by atoms with Gasteiger partial charge in [0, 0.05) is 5.38 Å². The molecule has 0 amide bonds. The number of hydrogen-bond donors (Lipinski definition) is 0. The Bertz CT molecular complexity index is 483. The summed E-state index contributed by atoms with van der Waals surface area (Å²) < 4.78 is 29.0. The Morgan fingerprint density at radius 3 is 2.06 bits per heavy atom. The van der Waals surface area contributed by atoms with Gasteiger partial charge in [-0.2, -0.15) is 8.42 Å². The van der Waals surface area contributed by atoms with Gasteiger partial charge in [0.1, 0.15) is 0 Å². The molecule has 0 heterocycles. The van der Waals surface area contributed by atoms with Crippen molar-refractivity contribution in [2.24, 2.45) is 0 Å². The topological polar surface area (TPSA) is 43.4 Å². The molecule has 1 aromatic carbocycles. The summed E-state index contributed by atoms with van der Waals surface area (Å²) in [7, 11) is -3.80. The van der Waals surface area contributed by atoms with Gasteiger partial charge in [-0.3, -0.25) is 4.18 Å². The maximum atomic E-state index is 12.0. The third-order valence-corrected chi connectivity index (χ3v) is 5.02. The van der Waals surface area contributed by atoms with E-state index in [1.807, 2.05) is 6.92 Å². The third-order valence-electron chi connectivity index (χ3n) is 2.48. The van der Waals surface area contributed by atoms with E-state index in [4.69, 9.17) is 27.4 Å². The molecule has 0 fully saturated rings. The molecule has 3 nitrogen and oxygen atoms in total. The molecule has 0 spiro atoms. The molecule has 0 saturated heterocycles. The fraction of sp³-hybridized carbons (Fsp3) is 0.500. The van der Waals surface area contributed by atoms with Crippen LogP contribution in [0.15, 0.2) is 29.2 Å². The average molecular weight is 311 g/mol. The zero-order chi connectivity index (χ0) is 13.9. The van der Waals surface area contributed by atoms with E-state index in [0.717, 1.165) is 5.56 Å². The first-order chi connectivity index (χ1) is 8.24. The predicted molar refractivity (Wildman–Crippen MR) is 73.9 cm³/mol. The summed E-state index contributed by atoms with van der Waals surface area (Å²) in [6.45, 7) is 5.16. The van der Waals surface area contributed by atoms with E-state index in [1.165, 1.54) is 12.1 Å². The van der Waals surface area contributed by atoms with Crippen LogP contribution in [-0.4, -0.2) is 25.3 Å². The second kappa shape index (κ2) is 6.24. The zero-order valence-corrected chi connectivity index (χ0v) is 12.8. The van der Waals surface area contributed by atoms with Gasteiger partial charge in [-0.1, -0.05) is 17.7 Å². The van der Waals surface area contributed by atoms with Crippen LogP contribution in [0.4, 0.5) is 0 Å². The summed E-state index contributed by atoms with van der Waals surface area (Å²) in [6.07, 6.45) is -0.689. The minimum absolute atomic E-state index is 0.117. The van der Waals surface area contributed by atoms with Gasteiger partial charge in [-0.05, 0) is 32.9 Å². The molecule has 0 unspecified atom stereocenters. The standard InChI is InChI=1S/C12H16Cl2O3S/c1-8-4-6-11(7-5-8)18(15,16)17-10(3)12(14)9(2)13/h4-7,9-10,12H,1-3H3/t9-,10-,12-/m1/s1. The van der Waals surface area contributed by atoms with Crippen LogP contribution in [-0.2, 0) is 14.3 Å². The highest BCUT2D eigenvalue weighted by molar-refractivity contribution is 7.86. The van der Waals surface area contributed by atoms with Gasteiger partial charge in [0.25, 0.3) is 10.1 Å². The second-order valence-corrected chi connectivity index (χ2v) is 6.95. The van der Waals surface area contributed by atoms with Crippen molar-refractivity contribution in [2.45, 2.75) is 42.5 Å². The van der Waals surface area contributed by atoms with Gasteiger partial charge in [-0.15, -0.1) is 23.2 Å². The number of aryl methyl sites for hydroxylation is 1. The molecule has 0 bridgehead atoms. The lowest BCUT2D eigenvalue weighted by atomic mass is 10.2. The molecule has 3 atom stereocenters. The van der Waals surface area contributed by atoms with Crippen molar-refractivity contribution in [1.29, 1.82) is 0 Å². The van der Waals surface area contributed by atoms with E-state index in [9.17, 15) is 8.42 Å². The summed E-state index contributed by atoms with van der Waals surface area (Å²) in [5.74, 6) is 0. The van der Waals surface area contributed by atoms with Crippen LogP contribution in [0.25, 0.3) is 0 Å². The first-order valence-corrected chi connectivity index (χ1v) is 7.80. The Hall–Kier alpha value is -0.290. The Morgan fingerprint density at radius 2 is 1.61 bits per heavy atom. The quantitative estimate of drug-likeness (QED) is 0.619. The largest absolute Gasteiger partial charge is 0.297 e. The molecule has 0 saturated carbocycles. The lowest BCUT2D eigenvalue weighted by molar-refractivity contribution is 0.222. The second-order valence-electron chi connectivity index (χ2n) is 4.19. The minimum Gasteiger partial charge on any atom is -0.262 e. The van der Waals surface area contributed by atoms with E-state index < -0.39 is 21.6 Å². The fourth-order valence-electron chi connectivity index (χ4n) is 1.39. The van der Waals surface area contributed by atoms with Gasteiger partial charge < -0.3 is 0 Å².